The van der Waals surface area contributed by atoms with Gasteiger partial charge in [-0.25, -0.2) is 22.9 Å². The highest BCUT2D eigenvalue weighted by atomic mass is 32.2. The number of aromatic nitrogens is 2. The number of carbonyl (C=O) groups is 1. The monoisotopic (exact) mass is 505 g/mol. The third kappa shape index (κ3) is 4.47. The second-order valence-corrected chi connectivity index (χ2v) is 10.2. The van der Waals surface area contributed by atoms with Crippen LogP contribution in [0, 0.1) is 5.82 Å². The molecule has 1 unspecified atom stereocenters. The van der Waals surface area contributed by atoms with Gasteiger partial charge in [0.1, 0.15) is 17.8 Å². The van der Waals surface area contributed by atoms with Crippen LogP contribution in [0.25, 0.3) is 16.8 Å². The molecular formula is C26H24FN5O3S. The summed E-state index contributed by atoms with van der Waals surface area (Å²) in [7, 11) is -3.99. The van der Waals surface area contributed by atoms with Gasteiger partial charge >= 0.3 is 0 Å². The molecule has 5 N–H and O–H groups in total. The molecule has 1 aliphatic rings. The maximum atomic E-state index is 15.3. The van der Waals surface area contributed by atoms with Crippen molar-refractivity contribution >= 4 is 15.8 Å². The second-order valence-electron chi connectivity index (χ2n) is 8.62. The molecule has 0 aliphatic carbocycles. The minimum absolute atomic E-state index is 0.0271. The van der Waals surface area contributed by atoms with Crippen molar-refractivity contribution in [2.75, 3.05) is 0 Å². The normalized spacial score (nSPS) is 16.0. The van der Waals surface area contributed by atoms with E-state index in [0.29, 0.717) is 34.6 Å². The zero-order valence-corrected chi connectivity index (χ0v) is 20.0. The standard InChI is InChI=1S/C26H24FN5O3S/c27-21-11-17(19-6-1-2-7-25(19)36(29,34)35)8-9-20(21)22-12-24(33)26-23(14-30-22)31-15-32(26)18-5-3-4-16(10-18)13-28/h1-11,15,22,30H,12-14,28H2,(H2,29,34,35). The summed E-state index contributed by atoms with van der Waals surface area (Å²) in [6.07, 6.45) is 1.64. The molecule has 0 saturated heterocycles. The lowest BCUT2D eigenvalue weighted by molar-refractivity contribution is 0.0966. The van der Waals surface area contributed by atoms with Crippen LogP contribution in [0.15, 0.2) is 78.0 Å². The van der Waals surface area contributed by atoms with E-state index in [1.807, 2.05) is 24.3 Å². The van der Waals surface area contributed by atoms with Crippen LogP contribution < -0.4 is 16.2 Å². The van der Waals surface area contributed by atoms with Crippen molar-refractivity contribution in [1.29, 1.82) is 0 Å². The van der Waals surface area contributed by atoms with E-state index in [-0.39, 0.29) is 23.6 Å². The number of Topliss-reactive ketones (excluding diaryl/α,β-unsaturated/α-hetero) is 1. The highest BCUT2D eigenvalue weighted by Gasteiger charge is 2.29. The fourth-order valence-corrected chi connectivity index (χ4v) is 5.32. The summed E-state index contributed by atoms with van der Waals surface area (Å²) in [4.78, 5) is 17.7. The molecule has 0 bridgehead atoms. The van der Waals surface area contributed by atoms with Gasteiger partial charge in [0, 0.05) is 42.4 Å². The summed E-state index contributed by atoms with van der Waals surface area (Å²) in [5.41, 5.74) is 9.50. The number of imidazole rings is 1. The van der Waals surface area contributed by atoms with E-state index in [4.69, 9.17) is 10.9 Å². The number of nitrogens with two attached hydrogens (primary N) is 2. The van der Waals surface area contributed by atoms with Crippen LogP contribution in [0.5, 0.6) is 0 Å². The Labute approximate surface area is 207 Å². The van der Waals surface area contributed by atoms with E-state index in [2.05, 4.69) is 10.3 Å². The molecule has 0 spiro atoms. The molecule has 1 aromatic heterocycles. The Morgan fingerprint density at radius 1 is 1.08 bits per heavy atom. The van der Waals surface area contributed by atoms with E-state index in [9.17, 15) is 13.2 Å². The van der Waals surface area contributed by atoms with Gasteiger partial charge in [-0.1, -0.05) is 42.5 Å². The van der Waals surface area contributed by atoms with Crippen LogP contribution in [0.3, 0.4) is 0 Å². The highest BCUT2D eigenvalue weighted by Crippen LogP contribution is 2.32. The van der Waals surface area contributed by atoms with E-state index < -0.39 is 21.9 Å². The van der Waals surface area contributed by atoms with Gasteiger partial charge in [0.2, 0.25) is 10.0 Å². The molecule has 3 aromatic carbocycles. The number of primary sulfonamides is 1. The van der Waals surface area contributed by atoms with Crippen LogP contribution in [0.1, 0.15) is 39.8 Å². The smallest absolute Gasteiger partial charge is 0.238 e. The Morgan fingerprint density at radius 3 is 2.64 bits per heavy atom. The molecule has 1 atom stereocenters. The number of ketones is 1. The molecule has 2 heterocycles. The zero-order valence-electron chi connectivity index (χ0n) is 19.2. The van der Waals surface area contributed by atoms with Gasteiger partial charge in [0.05, 0.1) is 10.6 Å². The molecule has 4 aromatic rings. The van der Waals surface area contributed by atoms with Crippen LogP contribution in [0.4, 0.5) is 4.39 Å². The molecule has 0 saturated carbocycles. The van der Waals surface area contributed by atoms with E-state index in [1.54, 1.807) is 41.2 Å². The minimum atomic E-state index is -3.99. The van der Waals surface area contributed by atoms with Gasteiger partial charge in [0.15, 0.2) is 5.78 Å². The third-order valence-corrected chi connectivity index (χ3v) is 7.29. The van der Waals surface area contributed by atoms with Crippen LogP contribution in [0.2, 0.25) is 0 Å². The molecule has 0 fully saturated rings. The molecule has 1 aliphatic heterocycles. The fraction of sp³-hybridized carbons (Fsp3) is 0.154. The van der Waals surface area contributed by atoms with E-state index in [1.165, 1.54) is 12.1 Å². The number of nitrogens with one attached hydrogen (secondary N) is 1. The third-order valence-electron chi connectivity index (χ3n) is 6.32. The Balaban J connectivity index is 1.45. The summed E-state index contributed by atoms with van der Waals surface area (Å²) in [5.74, 6) is -0.723. The molecule has 36 heavy (non-hydrogen) atoms. The quantitative estimate of drug-likeness (QED) is 0.382. The summed E-state index contributed by atoms with van der Waals surface area (Å²) in [5, 5.41) is 8.57. The number of halogens is 1. The number of nitrogens with zero attached hydrogens (tertiary/aromatic N) is 2. The Hall–Kier alpha value is -3.70. The first-order valence-corrected chi connectivity index (χ1v) is 12.8. The topological polar surface area (TPSA) is 133 Å². The molecule has 8 nitrogen and oxygen atoms in total. The van der Waals surface area contributed by atoms with Crippen molar-refractivity contribution in [1.82, 2.24) is 14.9 Å². The van der Waals surface area contributed by atoms with Gasteiger partial charge in [-0.15, -0.1) is 0 Å². The lowest BCUT2D eigenvalue weighted by Gasteiger charge is -2.18. The van der Waals surface area contributed by atoms with Crippen molar-refractivity contribution in [2.24, 2.45) is 10.9 Å². The Bertz CT molecular complexity index is 1580. The van der Waals surface area contributed by atoms with Gasteiger partial charge < -0.3 is 11.1 Å². The summed E-state index contributed by atoms with van der Waals surface area (Å²) >= 11 is 0. The van der Waals surface area contributed by atoms with Gasteiger partial charge in [-0.2, -0.15) is 0 Å². The number of fused-ring (bicyclic) bond motifs is 1. The van der Waals surface area contributed by atoms with Gasteiger partial charge in [-0.05, 0) is 35.4 Å². The SMILES string of the molecule is NCc1cccc(-n2cnc3c2C(=O)CC(c2ccc(-c4ccccc4S(N)(=O)=O)cc2F)NC3)c1. The molecule has 0 amide bonds. The van der Waals surface area contributed by atoms with Crippen LogP contribution in [-0.2, 0) is 23.1 Å². The fourth-order valence-electron chi connectivity index (χ4n) is 4.56. The molecule has 0 radical (unpaired) electrons. The molecular weight excluding hydrogens is 481 g/mol. The summed E-state index contributed by atoms with van der Waals surface area (Å²) in [6, 6.07) is 17.6. The second kappa shape index (κ2) is 9.40. The number of benzene rings is 3. The van der Waals surface area contributed by atoms with Crippen molar-refractivity contribution in [2.45, 2.75) is 30.4 Å². The number of sulfonamides is 1. The molecule has 10 heteroatoms. The first-order chi connectivity index (χ1) is 17.3. The molecule has 184 valence electrons. The van der Waals surface area contributed by atoms with Crippen molar-refractivity contribution in [3.05, 3.63) is 101 Å². The van der Waals surface area contributed by atoms with Gasteiger partial charge in [0.25, 0.3) is 0 Å². The highest BCUT2D eigenvalue weighted by molar-refractivity contribution is 7.89. The average Bonchev–Trinajstić information content (AvgIpc) is 3.23. The van der Waals surface area contributed by atoms with Crippen LogP contribution >= 0.6 is 0 Å². The van der Waals surface area contributed by atoms with Crippen molar-refractivity contribution in [3.63, 3.8) is 0 Å². The molecule has 5 rings (SSSR count). The number of rotatable bonds is 5. The Morgan fingerprint density at radius 2 is 1.89 bits per heavy atom. The first kappa shape index (κ1) is 24.0. The summed E-state index contributed by atoms with van der Waals surface area (Å²) < 4.78 is 41.0. The van der Waals surface area contributed by atoms with Crippen LogP contribution in [-0.4, -0.2) is 23.8 Å². The van der Waals surface area contributed by atoms with E-state index in [0.717, 1.165) is 11.3 Å². The van der Waals surface area contributed by atoms with Crippen molar-refractivity contribution in [3.8, 4) is 16.8 Å². The zero-order chi connectivity index (χ0) is 25.4. The predicted molar refractivity (Wildman–Crippen MR) is 133 cm³/mol. The first-order valence-electron chi connectivity index (χ1n) is 11.3. The lowest BCUT2D eigenvalue weighted by atomic mass is 9.97. The maximum absolute atomic E-state index is 15.3. The van der Waals surface area contributed by atoms with Crippen molar-refractivity contribution < 1.29 is 17.6 Å². The lowest BCUT2D eigenvalue weighted by Crippen LogP contribution is -2.21. The number of carbonyl (C=O) groups excluding carboxylic acids is 1. The predicted octanol–water partition coefficient (Wildman–Crippen LogP) is 3.20. The van der Waals surface area contributed by atoms with E-state index >= 15 is 4.39 Å². The largest absolute Gasteiger partial charge is 0.326 e. The number of hydrogen-bond acceptors (Lipinski definition) is 6. The maximum Gasteiger partial charge on any atom is 0.238 e. The average molecular weight is 506 g/mol. The summed E-state index contributed by atoms with van der Waals surface area (Å²) in [6.45, 7) is 0.657. The minimum Gasteiger partial charge on any atom is -0.326 e. The number of hydrogen-bond donors (Lipinski definition) is 3. The Kier molecular flexibility index (Phi) is 6.27. The van der Waals surface area contributed by atoms with Gasteiger partial charge in [-0.3, -0.25) is 9.36 Å².